The van der Waals surface area contributed by atoms with Crippen LogP contribution in [-0.2, 0) is 19.6 Å². The van der Waals surface area contributed by atoms with E-state index in [1.165, 1.54) is 18.4 Å². The van der Waals surface area contributed by atoms with Crippen molar-refractivity contribution in [3.8, 4) is 0 Å². The molecule has 1 amide bonds. The molecule has 1 N–H and O–H groups in total. The number of aromatic nitrogens is 3. The van der Waals surface area contributed by atoms with Gasteiger partial charge in [0.1, 0.15) is 5.15 Å². The van der Waals surface area contributed by atoms with Gasteiger partial charge in [-0.2, -0.15) is 18.3 Å². The fourth-order valence-electron chi connectivity index (χ4n) is 2.96. The number of alkyl halides is 3. The van der Waals surface area contributed by atoms with E-state index in [0.717, 1.165) is 4.68 Å². The van der Waals surface area contributed by atoms with Crippen LogP contribution in [0.15, 0.2) is 34.8 Å². The Morgan fingerprint density at radius 2 is 2.14 bits per heavy atom. The van der Waals surface area contributed by atoms with Crippen LogP contribution in [0.2, 0.25) is 5.15 Å². The summed E-state index contributed by atoms with van der Waals surface area (Å²) in [5.74, 6) is -0.440. The molecule has 3 aromatic rings. The standard InChI is InChI=1S/C17H11ClF3N5OS/c1-26-14(18)11(13(25-26)17(19,20)21)10-7-8-3-2-4-9(12(8)23-10)15(27)24-16-22-5-6-28-16/h2-6H,7H2,1H3,(H,22,24,27). The highest BCUT2D eigenvalue weighted by Gasteiger charge is 2.41. The molecule has 6 nitrogen and oxygen atoms in total. The van der Waals surface area contributed by atoms with Gasteiger partial charge in [-0.15, -0.1) is 11.3 Å². The molecule has 0 unspecified atom stereocenters. The van der Waals surface area contributed by atoms with Crippen molar-refractivity contribution >= 4 is 45.4 Å². The Hall–Kier alpha value is -2.72. The summed E-state index contributed by atoms with van der Waals surface area (Å²) in [6.45, 7) is 0. The Balaban J connectivity index is 1.76. The van der Waals surface area contributed by atoms with Crippen LogP contribution < -0.4 is 5.32 Å². The van der Waals surface area contributed by atoms with Gasteiger partial charge in [0, 0.05) is 25.0 Å². The molecule has 1 aromatic carbocycles. The lowest BCUT2D eigenvalue weighted by Gasteiger charge is -2.06. The molecule has 0 saturated heterocycles. The fourth-order valence-corrected chi connectivity index (χ4v) is 3.72. The van der Waals surface area contributed by atoms with E-state index in [0.29, 0.717) is 16.4 Å². The third kappa shape index (κ3) is 3.18. The molecule has 0 saturated carbocycles. The summed E-state index contributed by atoms with van der Waals surface area (Å²) in [6.07, 6.45) is -3.01. The van der Waals surface area contributed by atoms with E-state index in [9.17, 15) is 18.0 Å². The summed E-state index contributed by atoms with van der Waals surface area (Å²) in [6, 6.07) is 4.93. The Labute approximate surface area is 165 Å². The number of nitrogens with zero attached hydrogens (tertiary/aromatic N) is 4. The predicted octanol–water partition coefficient (Wildman–Crippen LogP) is 4.48. The Morgan fingerprint density at radius 3 is 2.82 bits per heavy atom. The van der Waals surface area contributed by atoms with E-state index in [4.69, 9.17) is 11.6 Å². The minimum absolute atomic E-state index is 0.113. The first-order valence-electron chi connectivity index (χ1n) is 7.96. The van der Waals surface area contributed by atoms with E-state index in [-0.39, 0.29) is 28.4 Å². The first-order chi connectivity index (χ1) is 13.3. The second-order valence-electron chi connectivity index (χ2n) is 5.98. The van der Waals surface area contributed by atoms with Gasteiger partial charge in [-0.05, 0) is 11.6 Å². The van der Waals surface area contributed by atoms with Gasteiger partial charge >= 0.3 is 6.18 Å². The Bertz CT molecular complexity index is 1100. The molecule has 0 aliphatic carbocycles. The molecule has 3 heterocycles. The molecular weight excluding hydrogens is 415 g/mol. The van der Waals surface area contributed by atoms with E-state index >= 15 is 0 Å². The quantitative estimate of drug-likeness (QED) is 0.672. The number of aliphatic imine (C=N–C) groups is 1. The van der Waals surface area contributed by atoms with Crippen molar-refractivity contribution in [1.82, 2.24) is 14.8 Å². The SMILES string of the molecule is Cn1nc(C(F)(F)F)c(C2=Nc3c(cccc3C(=O)Nc3nccs3)C2)c1Cl. The zero-order valence-electron chi connectivity index (χ0n) is 14.2. The van der Waals surface area contributed by atoms with Gasteiger partial charge < -0.3 is 0 Å². The van der Waals surface area contributed by atoms with Crippen LogP contribution in [0.25, 0.3) is 0 Å². The van der Waals surface area contributed by atoms with Gasteiger partial charge in [0.15, 0.2) is 10.8 Å². The minimum atomic E-state index is -4.68. The van der Waals surface area contributed by atoms with Gasteiger partial charge in [-0.25, -0.2) is 4.98 Å². The maximum Gasteiger partial charge on any atom is 0.435 e. The molecule has 0 radical (unpaired) electrons. The molecule has 0 atom stereocenters. The predicted molar refractivity (Wildman–Crippen MR) is 99.6 cm³/mol. The number of hydrogen-bond donors (Lipinski definition) is 1. The lowest BCUT2D eigenvalue weighted by atomic mass is 10.0. The number of carbonyl (C=O) groups is 1. The number of fused-ring (bicyclic) bond motifs is 1. The summed E-state index contributed by atoms with van der Waals surface area (Å²) in [5, 5.41) is 8.11. The Morgan fingerprint density at radius 1 is 1.36 bits per heavy atom. The average Bonchev–Trinajstić information content (AvgIpc) is 3.33. The number of halogens is 4. The summed E-state index contributed by atoms with van der Waals surface area (Å²) in [4.78, 5) is 20.9. The monoisotopic (exact) mass is 425 g/mol. The third-order valence-corrected chi connectivity index (χ3v) is 5.28. The number of anilines is 1. The molecule has 2 aromatic heterocycles. The molecule has 28 heavy (non-hydrogen) atoms. The van der Waals surface area contributed by atoms with Crippen LogP contribution in [0.4, 0.5) is 24.0 Å². The fraction of sp³-hybridized carbons (Fsp3) is 0.176. The van der Waals surface area contributed by atoms with Crippen molar-refractivity contribution in [3.63, 3.8) is 0 Å². The number of thiazole rings is 1. The zero-order valence-corrected chi connectivity index (χ0v) is 15.8. The summed E-state index contributed by atoms with van der Waals surface area (Å²) >= 11 is 7.33. The van der Waals surface area contributed by atoms with Crippen molar-refractivity contribution in [2.24, 2.45) is 12.0 Å². The topological polar surface area (TPSA) is 72.2 Å². The molecule has 0 bridgehead atoms. The van der Waals surface area contributed by atoms with E-state index in [2.05, 4.69) is 20.4 Å². The molecule has 144 valence electrons. The largest absolute Gasteiger partial charge is 0.435 e. The van der Waals surface area contributed by atoms with Gasteiger partial charge in [0.2, 0.25) is 0 Å². The summed E-state index contributed by atoms with van der Waals surface area (Å²) < 4.78 is 41.1. The molecule has 0 spiro atoms. The molecule has 1 aliphatic rings. The van der Waals surface area contributed by atoms with Gasteiger partial charge in [0.05, 0.1) is 22.5 Å². The zero-order chi connectivity index (χ0) is 20.1. The summed E-state index contributed by atoms with van der Waals surface area (Å²) in [5.41, 5.74) is -0.0416. The van der Waals surface area contributed by atoms with Crippen molar-refractivity contribution in [1.29, 1.82) is 0 Å². The van der Waals surface area contributed by atoms with Crippen LogP contribution in [-0.4, -0.2) is 26.4 Å². The first-order valence-corrected chi connectivity index (χ1v) is 9.22. The van der Waals surface area contributed by atoms with Crippen molar-refractivity contribution in [2.75, 3.05) is 5.32 Å². The van der Waals surface area contributed by atoms with Crippen molar-refractivity contribution < 1.29 is 18.0 Å². The average molecular weight is 426 g/mol. The molecule has 11 heteroatoms. The van der Waals surface area contributed by atoms with E-state index in [1.807, 2.05) is 0 Å². The van der Waals surface area contributed by atoms with Gasteiger partial charge in [0.25, 0.3) is 5.91 Å². The second-order valence-corrected chi connectivity index (χ2v) is 7.23. The summed E-state index contributed by atoms with van der Waals surface area (Å²) in [7, 11) is 1.33. The van der Waals surface area contributed by atoms with Crippen LogP contribution >= 0.6 is 22.9 Å². The molecular formula is C17H11ClF3N5OS. The third-order valence-electron chi connectivity index (χ3n) is 4.16. The Kier molecular flexibility index (Phi) is 4.47. The minimum Gasteiger partial charge on any atom is -0.298 e. The first kappa shape index (κ1) is 18.6. The van der Waals surface area contributed by atoms with Crippen LogP contribution in [0.3, 0.4) is 0 Å². The number of hydrogen-bond acceptors (Lipinski definition) is 5. The van der Waals surface area contributed by atoms with E-state index < -0.39 is 17.8 Å². The van der Waals surface area contributed by atoms with Crippen LogP contribution in [0, 0.1) is 0 Å². The highest BCUT2D eigenvalue weighted by molar-refractivity contribution is 7.13. The van der Waals surface area contributed by atoms with Crippen molar-refractivity contribution in [2.45, 2.75) is 12.6 Å². The van der Waals surface area contributed by atoms with Crippen LogP contribution in [0.5, 0.6) is 0 Å². The number of rotatable bonds is 3. The number of para-hydroxylation sites is 1. The lowest BCUT2D eigenvalue weighted by Crippen LogP contribution is -2.13. The number of aryl methyl sites for hydroxylation is 1. The normalized spacial score (nSPS) is 13.4. The second kappa shape index (κ2) is 6.71. The smallest absolute Gasteiger partial charge is 0.298 e. The van der Waals surface area contributed by atoms with Gasteiger partial charge in [-0.1, -0.05) is 23.7 Å². The number of amides is 1. The maximum atomic E-state index is 13.4. The number of benzene rings is 1. The molecule has 4 rings (SSSR count). The molecule has 1 aliphatic heterocycles. The number of carbonyl (C=O) groups excluding carboxylic acids is 1. The van der Waals surface area contributed by atoms with Gasteiger partial charge in [-0.3, -0.25) is 19.8 Å². The van der Waals surface area contributed by atoms with Crippen molar-refractivity contribution in [3.05, 3.63) is 57.3 Å². The maximum absolute atomic E-state index is 13.4. The highest BCUT2D eigenvalue weighted by atomic mass is 35.5. The van der Waals surface area contributed by atoms with E-state index in [1.54, 1.807) is 29.8 Å². The lowest BCUT2D eigenvalue weighted by molar-refractivity contribution is -0.141. The number of nitrogens with one attached hydrogen (secondary N) is 1. The highest BCUT2D eigenvalue weighted by Crippen LogP contribution is 2.39. The molecule has 0 fully saturated rings. The van der Waals surface area contributed by atoms with Crippen LogP contribution in [0.1, 0.15) is 27.2 Å².